The molecule has 8 aromatic rings. The summed E-state index contributed by atoms with van der Waals surface area (Å²) in [6.07, 6.45) is 5.21. The molecular formula is C65H58N6O8S2. The number of rotatable bonds is 21. The molecule has 2 aliphatic heterocycles. The zero-order valence-corrected chi connectivity index (χ0v) is 46.3. The lowest BCUT2D eigenvalue weighted by atomic mass is 9.77. The molecule has 1 fully saturated rings. The first kappa shape index (κ1) is 55.2. The molecule has 2 N–H and O–H groups in total. The molecular weight excluding hydrogens is 1060 g/mol. The number of nitrogens with zero attached hydrogens (tertiary/aromatic N) is 4. The Bertz CT molecular complexity index is 3340. The highest BCUT2D eigenvalue weighted by Crippen LogP contribution is 2.44. The zero-order chi connectivity index (χ0) is 56.2. The van der Waals surface area contributed by atoms with E-state index in [1.807, 2.05) is 166 Å². The minimum absolute atomic E-state index is 0.0669. The van der Waals surface area contributed by atoms with Crippen molar-refractivity contribution in [2.24, 2.45) is 5.16 Å². The van der Waals surface area contributed by atoms with E-state index in [1.165, 1.54) is 34.9 Å². The van der Waals surface area contributed by atoms with Gasteiger partial charge in [0.25, 0.3) is 11.8 Å². The van der Waals surface area contributed by atoms with Crippen molar-refractivity contribution in [3.8, 4) is 0 Å². The number of hydrogen-bond acceptors (Lipinski definition) is 14. The van der Waals surface area contributed by atoms with Gasteiger partial charge in [-0.3, -0.25) is 19.5 Å². The lowest BCUT2D eigenvalue weighted by Crippen LogP contribution is -2.71. The third-order valence-corrected chi connectivity index (χ3v) is 16.1. The van der Waals surface area contributed by atoms with Crippen LogP contribution in [-0.2, 0) is 44.6 Å². The first-order chi connectivity index (χ1) is 39.6. The quantitative estimate of drug-likeness (QED) is 0.0175. The van der Waals surface area contributed by atoms with Gasteiger partial charge in [-0.2, -0.15) is 0 Å². The molecule has 6 aromatic carbocycles. The normalized spacial score (nSPS) is 15.8. The summed E-state index contributed by atoms with van der Waals surface area (Å²) in [6.45, 7) is 5.16. The monoisotopic (exact) mass is 1110 g/mol. The molecule has 0 saturated carbocycles. The number of thioether (sulfide) groups is 1. The number of allylic oxidation sites excluding steroid dienone is 1. The van der Waals surface area contributed by atoms with E-state index in [9.17, 15) is 14.4 Å². The van der Waals surface area contributed by atoms with Crippen LogP contribution < -0.4 is 10.6 Å². The summed E-state index contributed by atoms with van der Waals surface area (Å²) in [7, 11) is 0. The largest absolute Gasteiger partial charge is 0.511 e. The van der Waals surface area contributed by atoms with Gasteiger partial charge in [-0.05, 0) is 46.7 Å². The van der Waals surface area contributed by atoms with Crippen molar-refractivity contribution in [3.05, 3.63) is 274 Å². The predicted octanol–water partition coefficient (Wildman–Crippen LogP) is 12.3. The molecule has 10 rings (SSSR count). The Hall–Kier alpha value is -9.12. The first-order valence-electron chi connectivity index (χ1n) is 26.6. The van der Waals surface area contributed by atoms with Crippen LogP contribution in [0.3, 0.4) is 0 Å². The van der Waals surface area contributed by atoms with Gasteiger partial charge in [0.1, 0.15) is 34.4 Å². The Morgan fingerprint density at radius 2 is 1.21 bits per heavy atom. The average Bonchev–Trinajstić information content (AvgIpc) is 4.10. The summed E-state index contributed by atoms with van der Waals surface area (Å²) >= 11 is 2.63. The molecule has 4 heterocycles. The third-order valence-electron chi connectivity index (χ3n) is 14.0. The highest BCUT2D eigenvalue weighted by atomic mass is 32.2. The van der Waals surface area contributed by atoms with Crippen LogP contribution in [0, 0.1) is 0 Å². The van der Waals surface area contributed by atoms with Crippen molar-refractivity contribution in [3.63, 3.8) is 0 Å². The van der Waals surface area contributed by atoms with E-state index in [4.69, 9.17) is 29.2 Å². The van der Waals surface area contributed by atoms with E-state index in [0.29, 0.717) is 23.5 Å². The molecule has 1 saturated heterocycles. The topological polar surface area (TPSA) is 171 Å². The minimum Gasteiger partial charge on any atom is -0.431 e. The summed E-state index contributed by atoms with van der Waals surface area (Å²) in [4.78, 5) is 74.8. The van der Waals surface area contributed by atoms with Crippen LogP contribution in [-0.4, -0.2) is 74.1 Å². The molecule has 2 amide bonds. The molecule has 0 spiro atoms. The average molecular weight is 1120 g/mol. The van der Waals surface area contributed by atoms with Crippen LogP contribution in [0.4, 0.5) is 9.93 Å². The number of benzene rings is 6. The van der Waals surface area contributed by atoms with Crippen LogP contribution in [0.5, 0.6) is 0 Å². The molecule has 1 unspecified atom stereocenters. The molecule has 81 heavy (non-hydrogen) atoms. The van der Waals surface area contributed by atoms with E-state index < -0.39 is 52.8 Å². The number of nitrogens with one attached hydrogen (secondary N) is 2. The number of pyridine rings is 1. The van der Waals surface area contributed by atoms with E-state index >= 15 is 4.79 Å². The maximum atomic E-state index is 15.4. The van der Waals surface area contributed by atoms with Crippen molar-refractivity contribution in [1.82, 2.24) is 20.2 Å². The van der Waals surface area contributed by atoms with Gasteiger partial charge in [0.05, 0.1) is 0 Å². The smallest absolute Gasteiger partial charge is 0.431 e. The van der Waals surface area contributed by atoms with Crippen molar-refractivity contribution >= 4 is 64.0 Å². The van der Waals surface area contributed by atoms with E-state index in [2.05, 4.69) is 52.0 Å². The van der Waals surface area contributed by atoms with E-state index in [0.717, 1.165) is 38.9 Å². The van der Waals surface area contributed by atoms with Crippen LogP contribution in [0.2, 0.25) is 0 Å². The molecule has 14 nitrogen and oxygen atoms in total. The fourth-order valence-electron chi connectivity index (χ4n) is 10.0. The van der Waals surface area contributed by atoms with Gasteiger partial charge in [-0.1, -0.05) is 219 Å². The Labute approximate surface area is 478 Å². The lowest BCUT2D eigenvalue weighted by molar-refractivity contribution is -0.169. The van der Waals surface area contributed by atoms with Gasteiger partial charge >= 0.3 is 12.1 Å². The van der Waals surface area contributed by atoms with Gasteiger partial charge < -0.3 is 29.7 Å². The second-order valence-corrected chi connectivity index (χ2v) is 21.0. The summed E-state index contributed by atoms with van der Waals surface area (Å²) in [6, 6.07) is 61.7. The predicted molar refractivity (Wildman–Crippen MR) is 315 cm³/mol. The molecule has 0 radical (unpaired) electrons. The number of thiazole rings is 1. The number of aromatic nitrogens is 2. The maximum Gasteiger partial charge on any atom is 0.511 e. The number of amides is 2. The van der Waals surface area contributed by atoms with Crippen molar-refractivity contribution in [2.75, 3.05) is 11.1 Å². The third kappa shape index (κ3) is 11.8. The van der Waals surface area contributed by atoms with E-state index in [1.54, 1.807) is 36.0 Å². The van der Waals surface area contributed by atoms with Gasteiger partial charge in [0.15, 0.2) is 10.8 Å². The Morgan fingerprint density at radius 1 is 0.691 bits per heavy atom. The number of esters is 1. The summed E-state index contributed by atoms with van der Waals surface area (Å²) in [5, 5.41) is 13.1. The summed E-state index contributed by atoms with van der Waals surface area (Å²) in [5.41, 5.74) is 3.76. The number of carbonyl (C=O) groups is 4. The number of anilines is 1. The zero-order valence-electron chi connectivity index (χ0n) is 44.7. The van der Waals surface area contributed by atoms with Crippen LogP contribution in [0.1, 0.15) is 78.3 Å². The Kier molecular flexibility index (Phi) is 17.3. The van der Waals surface area contributed by atoms with Gasteiger partial charge in [0.2, 0.25) is 11.9 Å². The summed E-state index contributed by atoms with van der Waals surface area (Å²) < 4.78 is 16.4. The number of carbonyl (C=O) groups excluding carboxylic acids is 4. The highest BCUT2D eigenvalue weighted by Gasteiger charge is 2.55. The van der Waals surface area contributed by atoms with Gasteiger partial charge in [0, 0.05) is 47.1 Å². The molecule has 2 aliphatic rings. The Balaban J connectivity index is 1.03. The SMILES string of the molecule is CCC(CC)OC(=O)OC(C)OC(=O)C1=C(/C=C\c2cccnc2)CS[C@@H]2[C@H](NC(=O)/C(=N/OC(c3ccccc3)(c3ccccc3)c3ccccc3)c3csc(NC(c4ccccc4)(c4ccccc4)c4ccccc4)n3)C(=O)N12. The molecule has 0 aliphatic carbocycles. The summed E-state index contributed by atoms with van der Waals surface area (Å²) in [5.74, 6) is -2.03. The highest BCUT2D eigenvalue weighted by molar-refractivity contribution is 8.00. The Morgan fingerprint density at radius 3 is 1.70 bits per heavy atom. The number of ether oxygens (including phenoxy) is 3. The molecule has 16 heteroatoms. The molecule has 0 bridgehead atoms. The maximum absolute atomic E-state index is 15.4. The van der Waals surface area contributed by atoms with E-state index in [-0.39, 0.29) is 29.0 Å². The molecule has 3 atom stereocenters. The second kappa shape index (κ2) is 25.3. The van der Waals surface area contributed by atoms with Gasteiger partial charge in [-0.15, -0.1) is 23.1 Å². The standard InChI is InChI=1S/C65H58N6O8S2/c1-4-53(5-2)78-63(75)77-44(3)76-61(74)57-46(39-38-45-25-24-40-66-41-45)42-80-60-56(59(73)71(57)60)68-58(72)55(70-79-65(50-32-18-9-19-33-50,51-34-20-10-21-35-51)52-36-22-11-23-37-52)54-43-81-62(67-54)69-64(47-26-12-6-13-27-47,48-28-14-7-15-29-48)49-30-16-8-17-31-49/h6-41,43-44,53,56,60H,4-5,42H2,1-3H3,(H,67,69)(H,68,72)/b39-38-,70-55+/t44?,56-,60-/m1/s1. The van der Waals surface area contributed by atoms with Crippen molar-refractivity contribution < 1.29 is 38.2 Å². The fraction of sp³-hybridized carbons (Fsp3) is 0.185. The van der Waals surface area contributed by atoms with Crippen molar-refractivity contribution in [1.29, 1.82) is 0 Å². The first-order valence-corrected chi connectivity index (χ1v) is 28.5. The number of fused-ring (bicyclic) bond motifs is 1. The fourth-order valence-corrected chi connectivity index (χ4v) is 12.1. The molecule has 408 valence electrons. The van der Waals surface area contributed by atoms with Crippen LogP contribution in [0.15, 0.2) is 234 Å². The minimum atomic E-state index is -1.40. The number of hydrogen-bond donors (Lipinski definition) is 2. The van der Waals surface area contributed by atoms with Crippen molar-refractivity contribution in [2.45, 2.75) is 68.6 Å². The molecule has 2 aromatic heterocycles. The lowest BCUT2D eigenvalue weighted by Gasteiger charge is -2.49. The van der Waals surface area contributed by atoms with Gasteiger partial charge in [-0.25, -0.2) is 14.6 Å². The van der Waals surface area contributed by atoms with Crippen LogP contribution >= 0.6 is 23.1 Å². The number of β-lactam (4-membered cyclic amide) rings is 1. The number of oxime groups is 1. The van der Waals surface area contributed by atoms with Crippen LogP contribution in [0.25, 0.3) is 6.08 Å². The second-order valence-electron chi connectivity index (χ2n) is 19.1.